The summed E-state index contributed by atoms with van der Waals surface area (Å²) < 4.78 is 25.4. The largest absolute Gasteiger partial charge is 0.330 e. The number of rotatable bonds is 3. The van der Waals surface area contributed by atoms with Crippen LogP contribution in [0.1, 0.15) is 12.5 Å². The van der Waals surface area contributed by atoms with Crippen molar-refractivity contribution in [3.05, 3.63) is 35.4 Å². The van der Waals surface area contributed by atoms with Crippen molar-refractivity contribution in [2.24, 2.45) is 11.7 Å². The van der Waals surface area contributed by atoms with E-state index in [1.165, 1.54) is 12.1 Å². The fourth-order valence-corrected chi connectivity index (χ4v) is 1.21. The van der Waals surface area contributed by atoms with Crippen LogP contribution in [0.3, 0.4) is 0 Å². The van der Waals surface area contributed by atoms with Gasteiger partial charge in [0.05, 0.1) is 0 Å². The van der Waals surface area contributed by atoms with Gasteiger partial charge in [0.2, 0.25) is 0 Å². The summed E-state index contributed by atoms with van der Waals surface area (Å²) in [6, 6.07) is 3.56. The number of nitrogens with two attached hydrogens (primary N) is 1. The van der Waals surface area contributed by atoms with Gasteiger partial charge in [-0.2, -0.15) is 0 Å². The molecule has 0 unspecified atom stereocenters. The van der Waals surface area contributed by atoms with Crippen molar-refractivity contribution in [3.63, 3.8) is 0 Å². The number of halogens is 2. The molecular weight excluding hydrogens is 172 g/mol. The lowest BCUT2D eigenvalue weighted by Gasteiger charge is -2.07. The monoisotopic (exact) mass is 185 g/mol. The van der Waals surface area contributed by atoms with Gasteiger partial charge < -0.3 is 5.73 Å². The molecule has 0 aliphatic carbocycles. The summed E-state index contributed by atoms with van der Waals surface area (Å²) >= 11 is 0. The molecule has 0 aliphatic rings. The normalized spacial score (nSPS) is 12.9. The minimum atomic E-state index is -0.528. The molecule has 0 aromatic heterocycles. The summed E-state index contributed by atoms with van der Waals surface area (Å²) in [7, 11) is 0. The Bertz CT molecular complexity index is 266. The second-order valence-corrected chi connectivity index (χ2v) is 3.32. The van der Waals surface area contributed by atoms with E-state index >= 15 is 0 Å². The van der Waals surface area contributed by atoms with Gasteiger partial charge in [0.1, 0.15) is 11.6 Å². The average Bonchev–Trinajstić information content (AvgIpc) is 2.02. The Morgan fingerprint density at radius 1 is 1.23 bits per heavy atom. The van der Waals surface area contributed by atoms with E-state index in [1.807, 2.05) is 6.92 Å². The van der Waals surface area contributed by atoms with Crippen LogP contribution in [0, 0.1) is 17.6 Å². The van der Waals surface area contributed by atoms with Crippen molar-refractivity contribution in [2.45, 2.75) is 13.3 Å². The molecule has 0 saturated carbocycles. The van der Waals surface area contributed by atoms with Crippen molar-refractivity contribution in [2.75, 3.05) is 6.54 Å². The molecule has 1 aromatic rings. The van der Waals surface area contributed by atoms with Gasteiger partial charge in [-0.3, -0.25) is 0 Å². The third-order valence-electron chi connectivity index (χ3n) is 1.91. The SMILES string of the molecule is C[C@H](CN)Cc1cc(F)cc(F)c1. The molecular formula is C10H13F2N. The summed E-state index contributed by atoms with van der Waals surface area (Å²) in [4.78, 5) is 0. The highest BCUT2D eigenvalue weighted by Gasteiger charge is 2.04. The maximum absolute atomic E-state index is 12.7. The van der Waals surface area contributed by atoms with Gasteiger partial charge in [0.25, 0.3) is 0 Å². The average molecular weight is 185 g/mol. The van der Waals surface area contributed by atoms with Gasteiger partial charge in [-0.05, 0) is 36.6 Å². The standard InChI is InChI=1S/C10H13F2N/c1-7(6-13)2-8-3-9(11)5-10(12)4-8/h3-5,7H,2,6,13H2,1H3/t7-/m0/s1. The lowest BCUT2D eigenvalue weighted by Crippen LogP contribution is -2.13. The smallest absolute Gasteiger partial charge is 0.126 e. The maximum atomic E-state index is 12.7. The van der Waals surface area contributed by atoms with E-state index in [0.717, 1.165) is 6.07 Å². The van der Waals surface area contributed by atoms with Gasteiger partial charge in [-0.1, -0.05) is 6.92 Å². The van der Waals surface area contributed by atoms with Crippen LogP contribution in [0.15, 0.2) is 18.2 Å². The fraction of sp³-hybridized carbons (Fsp3) is 0.400. The molecule has 0 spiro atoms. The van der Waals surface area contributed by atoms with E-state index in [9.17, 15) is 8.78 Å². The topological polar surface area (TPSA) is 26.0 Å². The molecule has 2 N–H and O–H groups in total. The first-order valence-corrected chi connectivity index (χ1v) is 4.27. The predicted molar refractivity (Wildman–Crippen MR) is 48.3 cm³/mol. The quantitative estimate of drug-likeness (QED) is 0.766. The lowest BCUT2D eigenvalue weighted by molar-refractivity contribution is 0.561. The molecule has 0 radical (unpaired) electrons. The fourth-order valence-electron chi connectivity index (χ4n) is 1.21. The van der Waals surface area contributed by atoms with E-state index in [1.54, 1.807) is 0 Å². The van der Waals surface area contributed by atoms with Crippen LogP contribution >= 0.6 is 0 Å². The van der Waals surface area contributed by atoms with Crippen LogP contribution in [0.2, 0.25) is 0 Å². The molecule has 0 aliphatic heterocycles. The highest BCUT2D eigenvalue weighted by molar-refractivity contribution is 5.18. The molecule has 13 heavy (non-hydrogen) atoms. The van der Waals surface area contributed by atoms with E-state index in [4.69, 9.17) is 5.73 Å². The molecule has 3 heteroatoms. The van der Waals surface area contributed by atoms with Gasteiger partial charge in [-0.25, -0.2) is 8.78 Å². The summed E-state index contributed by atoms with van der Waals surface area (Å²) in [6.07, 6.45) is 0.616. The van der Waals surface area contributed by atoms with Crippen LogP contribution in [0.5, 0.6) is 0 Å². The van der Waals surface area contributed by atoms with E-state index in [-0.39, 0.29) is 5.92 Å². The first-order valence-electron chi connectivity index (χ1n) is 4.27. The van der Waals surface area contributed by atoms with Crippen LogP contribution in [0.4, 0.5) is 8.78 Å². The summed E-state index contributed by atoms with van der Waals surface area (Å²) in [6.45, 7) is 2.47. The highest BCUT2D eigenvalue weighted by atomic mass is 19.1. The molecule has 1 aromatic carbocycles. The zero-order chi connectivity index (χ0) is 9.84. The molecule has 1 nitrogen and oxygen atoms in total. The lowest BCUT2D eigenvalue weighted by atomic mass is 10.0. The zero-order valence-electron chi connectivity index (χ0n) is 7.56. The van der Waals surface area contributed by atoms with Gasteiger partial charge >= 0.3 is 0 Å². The zero-order valence-corrected chi connectivity index (χ0v) is 7.56. The summed E-state index contributed by atoms with van der Waals surface area (Å²) in [5.41, 5.74) is 6.07. The second kappa shape index (κ2) is 4.33. The van der Waals surface area contributed by atoms with Crippen LogP contribution in [-0.2, 0) is 6.42 Å². The molecule has 0 saturated heterocycles. The van der Waals surface area contributed by atoms with Crippen LogP contribution in [-0.4, -0.2) is 6.54 Å². The van der Waals surface area contributed by atoms with Crippen LogP contribution in [0.25, 0.3) is 0 Å². The maximum Gasteiger partial charge on any atom is 0.126 e. The Hall–Kier alpha value is -0.960. The van der Waals surface area contributed by atoms with E-state index in [0.29, 0.717) is 18.5 Å². The molecule has 0 fully saturated rings. The van der Waals surface area contributed by atoms with Crippen LogP contribution < -0.4 is 5.73 Å². The second-order valence-electron chi connectivity index (χ2n) is 3.32. The third-order valence-corrected chi connectivity index (χ3v) is 1.91. The Morgan fingerprint density at radius 2 is 1.77 bits per heavy atom. The molecule has 72 valence electrons. The van der Waals surface area contributed by atoms with Gasteiger partial charge in [-0.15, -0.1) is 0 Å². The Morgan fingerprint density at radius 3 is 2.23 bits per heavy atom. The molecule has 0 heterocycles. The molecule has 1 rings (SSSR count). The summed E-state index contributed by atoms with van der Waals surface area (Å²) in [5, 5.41) is 0. The van der Waals surface area contributed by atoms with Crippen molar-refractivity contribution >= 4 is 0 Å². The minimum absolute atomic E-state index is 0.251. The molecule has 1 atom stereocenters. The summed E-state index contributed by atoms with van der Waals surface area (Å²) in [5.74, 6) is -0.806. The van der Waals surface area contributed by atoms with Gasteiger partial charge in [0, 0.05) is 6.07 Å². The molecule has 0 amide bonds. The van der Waals surface area contributed by atoms with E-state index < -0.39 is 11.6 Å². The van der Waals surface area contributed by atoms with Crippen molar-refractivity contribution in [1.82, 2.24) is 0 Å². The predicted octanol–water partition coefficient (Wildman–Crippen LogP) is 2.10. The van der Waals surface area contributed by atoms with Crippen molar-refractivity contribution < 1.29 is 8.78 Å². The van der Waals surface area contributed by atoms with E-state index in [2.05, 4.69) is 0 Å². The highest BCUT2D eigenvalue weighted by Crippen LogP contribution is 2.11. The van der Waals surface area contributed by atoms with Gasteiger partial charge in [0.15, 0.2) is 0 Å². The Balaban J connectivity index is 2.77. The minimum Gasteiger partial charge on any atom is -0.330 e. The van der Waals surface area contributed by atoms with Crippen molar-refractivity contribution in [1.29, 1.82) is 0 Å². The van der Waals surface area contributed by atoms with Crippen molar-refractivity contribution in [3.8, 4) is 0 Å². The number of hydrogen-bond acceptors (Lipinski definition) is 1. The number of hydrogen-bond donors (Lipinski definition) is 1. The Kier molecular flexibility index (Phi) is 3.37. The first-order chi connectivity index (χ1) is 6.11. The third kappa shape index (κ3) is 3.11. The molecule has 0 bridgehead atoms. The Labute approximate surface area is 76.6 Å². The first kappa shape index (κ1) is 10.1. The number of benzene rings is 1.